The first-order chi connectivity index (χ1) is 37.1. The Morgan fingerprint density at radius 3 is 0.870 bits per heavy atom. The van der Waals surface area contributed by atoms with Gasteiger partial charge in [-0.2, -0.15) is 18.0 Å². The zero-order chi connectivity index (χ0) is 56.2. The van der Waals surface area contributed by atoms with Crippen LogP contribution < -0.4 is 46.8 Å². The van der Waals surface area contributed by atoms with Crippen LogP contribution in [0.2, 0.25) is 72.5 Å². The predicted octanol–water partition coefficient (Wildman–Crippen LogP) is 18.9. The number of hydrogen-bond acceptors (Lipinski definition) is 1. The molecule has 2 atom stereocenters. The van der Waals surface area contributed by atoms with Crippen LogP contribution in [0.25, 0.3) is 0 Å². The monoisotopic (exact) mass is 1160 g/mol. The minimum atomic E-state index is -4.23. The van der Waals surface area contributed by atoms with Gasteiger partial charge >= 0.3 is 6.18 Å². The van der Waals surface area contributed by atoms with Crippen molar-refractivity contribution in [3.05, 3.63) is 97.1 Å². The number of nitrogens with one attached hydrogen (secondary N) is 1. The zero-order valence-corrected chi connectivity index (χ0v) is 57.0. The van der Waals surface area contributed by atoms with Gasteiger partial charge in [-0.15, -0.1) is 0 Å². The Hall–Kier alpha value is -1.64. The van der Waals surface area contributed by atoms with E-state index in [4.69, 9.17) is 4.86 Å². The summed E-state index contributed by atoms with van der Waals surface area (Å²) in [6.45, 7) is 28.5. The fourth-order valence-electron chi connectivity index (χ4n) is 16.0. The van der Waals surface area contributed by atoms with Gasteiger partial charge in [0.15, 0.2) is 7.41 Å². The molecule has 0 saturated heterocycles. The smallest absolute Gasteiger partial charge is 0.171 e. The summed E-state index contributed by atoms with van der Waals surface area (Å²) in [4.78, 5) is 4.76. The van der Waals surface area contributed by atoms with E-state index in [0.29, 0.717) is 6.42 Å². The standard InChI is InChI=1S/C67H111F3NP2Si4/c1-13-44-74(45-14-2,46-15-3)63-36-28-58(29-37-63)72(59-30-38-64(39-31-59)75(47-16-4,48-17-5)49-18-6)71-73(62-27-25-26-57(56-62)67(68,69)70,60-32-40-65(41-33-60)76(50-19-7,51-20-8)52-21-9)61-34-42-66(43-35-61)77(53-22-10,54-23-11)55-24-12/h28-43,57,62,71H,13-27,44-56H2,1-12H3/q+1. The molecule has 0 amide bonds. The minimum Gasteiger partial charge on any atom is -0.171 e. The van der Waals surface area contributed by atoms with Gasteiger partial charge < -0.3 is 0 Å². The second-order valence-electron chi connectivity index (χ2n) is 24.5. The van der Waals surface area contributed by atoms with E-state index in [9.17, 15) is 0 Å². The molecule has 2 unspecified atom stereocenters. The lowest BCUT2D eigenvalue weighted by molar-refractivity contribution is -0.181. The molecule has 4 aromatic carbocycles. The van der Waals surface area contributed by atoms with Crippen LogP contribution in [0.5, 0.6) is 0 Å². The fourth-order valence-corrected chi connectivity index (χ4v) is 45.9. The van der Waals surface area contributed by atoms with Crippen molar-refractivity contribution in [2.75, 3.05) is 0 Å². The van der Waals surface area contributed by atoms with Gasteiger partial charge in [0, 0.05) is 0 Å². The molecule has 0 spiro atoms. The van der Waals surface area contributed by atoms with E-state index in [1.165, 1.54) is 171 Å². The average molecular weight is 1160 g/mol. The lowest BCUT2D eigenvalue weighted by atomic mass is 9.88. The number of rotatable bonds is 35. The van der Waals surface area contributed by atoms with Crippen LogP contribution in [0, 0.1) is 5.92 Å². The van der Waals surface area contributed by atoms with Crippen LogP contribution in [-0.2, 0) is 0 Å². The maximum Gasteiger partial charge on any atom is 0.391 e. The first-order valence-electron chi connectivity index (χ1n) is 32.1. The van der Waals surface area contributed by atoms with Crippen molar-refractivity contribution in [1.29, 1.82) is 0 Å². The number of benzene rings is 4. The second-order valence-corrected chi connectivity index (χ2v) is 48.8. The van der Waals surface area contributed by atoms with E-state index in [1.54, 1.807) is 20.7 Å². The van der Waals surface area contributed by atoms with Crippen LogP contribution in [0.15, 0.2) is 97.1 Å². The lowest BCUT2D eigenvalue weighted by Crippen LogP contribution is -2.49. The molecule has 1 nitrogen and oxygen atoms in total. The van der Waals surface area contributed by atoms with Crippen molar-refractivity contribution in [2.45, 2.75) is 270 Å². The van der Waals surface area contributed by atoms with Gasteiger partial charge in [0.25, 0.3) is 0 Å². The van der Waals surface area contributed by atoms with Gasteiger partial charge in [-0.1, -0.05) is 326 Å². The van der Waals surface area contributed by atoms with Crippen LogP contribution in [0.4, 0.5) is 13.2 Å². The first kappa shape index (κ1) is 66.2. The maximum absolute atomic E-state index is 15.5. The molecule has 1 saturated carbocycles. The highest BCUT2D eigenvalue weighted by molar-refractivity contribution is 7.96. The van der Waals surface area contributed by atoms with Crippen LogP contribution >= 0.6 is 15.5 Å². The Kier molecular flexibility index (Phi) is 27.2. The summed E-state index contributed by atoms with van der Waals surface area (Å²) < 4.78 is 46.5. The quantitative estimate of drug-likeness (QED) is 0.0358. The number of hydrogen-bond donors (Lipinski definition) is 1. The van der Waals surface area contributed by atoms with E-state index >= 15 is 13.2 Å². The van der Waals surface area contributed by atoms with Crippen molar-refractivity contribution >= 4 is 89.7 Å². The summed E-state index contributed by atoms with van der Waals surface area (Å²) in [7, 11) is -11.2. The van der Waals surface area contributed by atoms with E-state index in [-0.39, 0.29) is 18.5 Å². The Balaban J connectivity index is 1.93. The maximum atomic E-state index is 15.5. The van der Waals surface area contributed by atoms with Crippen molar-refractivity contribution in [3.63, 3.8) is 0 Å². The van der Waals surface area contributed by atoms with Crippen molar-refractivity contribution in [3.8, 4) is 0 Å². The lowest BCUT2D eigenvalue weighted by Gasteiger charge is -2.42. The van der Waals surface area contributed by atoms with Gasteiger partial charge in [0.2, 0.25) is 0 Å². The molecule has 4 aromatic rings. The van der Waals surface area contributed by atoms with Crippen molar-refractivity contribution in [2.24, 2.45) is 5.92 Å². The molecule has 0 aliphatic heterocycles. The third-order valence-electron chi connectivity index (χ3n) is 18.9. The van der Waals surface area contributed by atoms with Gasteiger partial charge in [-0.05, 0) is 60.6 Å². The molecule has 10 heteroatoms. The van der Waals surface area contributed by atoms with Crippen LogP contribution in [0.3, 0.4) is 0 Å². The van der Waals surface area contributed by atoms with Gasteiger partial charge in [-0.3, -0.25) is 0 Å². The molecule has 1 aliphatic rings. The highest BCUT2D eigenvalue weighted by Crippen LogP contribution is 2.66. The van der Waals surface area contributed by atoms with Crippen LogP contribution in [0.1, 0.15) is 186 Å². The molecule has 430 valence electrons. The van der Waals surface area contributed by atoms with Gasteiger partial charge in [0.1, 0.15) is 10.6 Å². The zero-order valence-electron chi connectivity index (χ0n) is 51.2. The number of halogens is 3. The van der Waals surface area contributed by atoms with Crippen molar-refractivity contribution < 1.29 is 13.2 Å². The highest BCUT2D eigenvalue weighted by Gasteiger charge is 2.57. The first-order valence-corrected chi connectivity index (χ1v) is 45.8. The summed E-state index contributed by atoms with van der Waals surface area (Å²) in [6.07, 6.45) is 12.0. The molecule has 77 heavy (non-hydrogen) atoms. The predicted molar refractivity (Wildman–Crippen MR) is 356 cm³/mol. The Bertz CT molecular complexity index is 2060. The Morgan fingerprint density at radius 2 is 0.636 bits per heavy atom. The van der Waals surface area contributed by atoms with Crippen LogP contribution in [-0.4, -0.2) is 44.1 Å². The summed E-state index contributed by atoms with van der Waals surface area (Å²) in [6, 6.07) is 55.8. The van der Waals surface area contributed by atoms with Crippen molar-refractivity contribution in [1.82, 2.24) is 4.86 Å². The average Bonchev–Trinajstić information content (AvgIpc) is 3.43. The molecular formula is C67H111F3NP2Si4+. The molecule has 0 heterocycles. The molecule has 0 aromatic heterocycles. The summed E-state index contributed by atoms with van der Waals surface area (Å²) in [5.41, 5.74) is -0.159. The van der Waals surface area contributed by atoms with E-state index < -0.39 is 59.9 Å². The molecule has 1 fully saturated rings. The summed E-state index contributed by atoms with van der Waals surface area (Å²) in [5.74, 6) is -1.30. The minimum absolute atomic E-state index is 0.159. The summed E-state index contributed by atoms with van der Waals surface area (Å²) in [5, 5.41) is 11.4. The molecule has 1 N–H and O–H groups in total. The van der Waals surface area contributed by atoms with Gasteiger partial charge in [-0.25, -0.2) is 0 Å². The van der Waals surface area contributed by atoms with Gasteiger partial charge in [0.05, 0.1) is 51.9 Å². The largest absolute Gasteiger partial charge is 0.391 e. The third kappa shape index (κ3) is 15.7. The molecule has 1 aliphatic carbocycles. The molecule has 5 rings (SSSR count). The molecule has 0 radical (unpaired) electrons. The van der Waals surface area contributed by atoms with E-state index in [0.717, 1.165) is 6.42 Å². The van der Waals surface area contributed by atoms with E-state index in [1.807, 2.05) is 0 Å². The molecule has 0 bridgehead atoms. The normalized spacial score (nSPS) is 16.2. The topological polar surface area (TPSA) is 12.0 Å². The molecular weight excluding hydrogens is 1050 g/mol. The number of alkyl halides is 3. The van der Waals surface area contributed by atoms with E-state index in [2.05, 4.69) is 180 Å². The Morgan fingerprint density at radius 1 is 0.390 bits per heavy atom. The SMILES string of the molecule is CCC[Si](CCC)(CCC)c1ccc(P(N[P+](c2ccc([Si](CCC)(CCC)CCC)cc2)(c2ccc([Si](CCC)(CCC)CCC)cc2)C2CCCC(C(F)(F)F)C2)c2ccc([Si](CCC)(CCC)CCC)cc2)cc1. The third-order valence-corrected chi connectivity index (χ3v) is 50.1. The summed E-state index contributed by atoms with van der Waals surface area (Å²) >= 11 is 0. The fraction of sp³-hybridized carbons (Fsp3) is 0.642. The highest BCUT2D eigenvalue weighted by atomic mass is 31.2. The second kappa shape index (κ2) is 31.7. The Labute approximate surface area is 478 Å².